The number of pyridine rings is 1. The molecule has 2 heterocycles. The molecule has 0 aliphatic heterocycles. The quantitative estimate of drug-likeness (QED) is 0.545. The van der Waals surface area contributed by atoms with Gasteiger partial charge < -0.3 is 0 Å². The van der Waals surface area contributed by atoms with Gasteiger partial charge >= 0.3 is 0 Å². The smallest absolute Gasteiger partial charge is 0.201 e. The minimum Gasteiger partial charge on any atom is -0.233 e. The van der Waals surface area contributed by atoms with Crippen molar-refractivity contribution < 1.29 is 0 Å². The molecule has 0 bridgehead atoms. The van der Waals surface area contributed by atoms with Crippen LogP contribution in [0.1, 0.15) is 0 Å². The van der Waals surface area contributed by atoms with Crippen molar-refractivity contribution in [1.29, 1.82) is 0 Å². The number of thiol groups is 1. The molecule has 0 spiro atoms. The van der Waals surface area contributed by atoms with Crippen molar-refractivity contribution in [2.45, 2.75) is 4.90 Å². The predicted molar refractivity (Wildman–Crippen MR) is 38.9 cm³/mol. The fourth-order valence-electron chi connectivity index (χ4n) is 0.730. The van der Waals surface area contributed by atoms with E-state index in [1.807, 2.05) is 0 Å². The van der Waals surface area contributed by atoms with E-state index < -0.39 is 0 Å². The molecule has 0 atom stereocenters. The molecule has 1 N–H and O–H groups in total. The Hall–Kier alpha value is -1.10. The molecule has 0 radical (unpaired) electrons. The minimum absolute atomic E-state index is 0.623. The van der Waals surface area contributed by atoms with Gasteiger partial charge in [-0.2, -0.15) is 10.3 Å². The number of nitrogens with zero attached hydrogens (tertiary/aromatic N) is 3. The summed E-state index contributed by atoms with van der Waals surface area (Å²) in [5, 5.41) is 10.1. The maximum Gasteiger partial charge on any atom is 0.201 e. The molecule has 0 fully saturated rings. The summed E-state index contributed by atoms with van der Waals surface area (Å²) in [6, 6.07) is 1.80. The molecule has 0 aliphatic rings. The summed E-state index contributed by atoms with van der Waals surface area (Å²) in [7, 11) is 0. The number of rotatable bonds is 0. The summed E-state index contributed by atoms with van der Waals surface area (Å²) < 4.78 is 0. The Balaban J connectivity index is 2.86. The van der Waals surface area contributed by atoms with E-state index in [1.54, 1.807) is 12.3 Å². The van der Waals surface area contributed by atoms with Crippen LogP contribution in [0.3, 0.4) is 0 Å². The zero-order valence-corrected chi connectivity index (χ0v) is 5.84. The van der Waals surface area contributed by atoms with Gasteiger partial charge in [0.15, 0.2) is 0 Å². The lowest BCUT2D eigenvalue weighted by Crippen LogP contribution is -1.75. The van der Waals surface area contributed by atoms with Crippen LogP contribution < -0.4 is 0 Å². The summed E-state index contributed by atoms with van der Waals surface area (Å²) in [4.78, 5) is 4.75. The number of nitrogens with one attached hydrogen (secondary N) is 1. The van der Waals surface area contributed by atoms with E-state index in [-0.39, 0.29) is 0 Å². The Morgan fingerprint density at radius 3 is 3.20 bits per heavy atom. The van der Waals surface area contributed by atoms with Crippen LogP contribution in [0.2, 0.25) is 0 Å². The van der Waals surface area contributed by atoms with Gasteiger partial charge in [0.1, 0.15) is 5.52 Å². The molecule has 0 unspecified atom stereocenters. The number of hydrogen-bond donors (Lipinski definition) is 2. The Bertz CT molecular complexity index is 355. The number of aromatic nitrogens is 4. The first kappa shape index (κ1) is 5.67. The largest absolute Gasteiger partial charge is 0.233 e. The van der Waals surface area contributed by atoms with Gasteiger partial charge in [0.2, 0.25) is 5.65 Å². The predicted octanol–water partition coefficient (Wildman–Crippen LogP) is 0.642. The van der Waals surface area contributed by atoms with Crippen LogP contribution in [0, 0.1) is 0 Å². The Kier molecular flexibility index (Phi) is 1.10. The van der Waals surface area contributed by atoms with E-state index in [1.165, 1.54) is 0 Å². The molecule has 0 amide bonds. The molecule has 4 nitrogen and oxygen atoms in total. The number of aromatic amines is 1. The molecular weight excluding hydrogens is 148 g/mol. The van der Waals surface area contributed by atoms with Gasteiger partial charge in [-0.15, -0.1) is 17.7 Å². The second-order valence-corrected chi connectivity index (χ2v) is 2.38. The van der Waals surface area contributed by atoms with Crippen molar-refractivity contribution >= 4 is 23.8 Å². The van der Waals surface area contributed by atoms with E-state index in [2.05, 4.69) is 33.0 Å². The molecule has 10 heavy (non-hydrogen) atoms. The van der Waals surface area contributed by atoms with Crippen LogP contribution in [0.15, 0.2) is 17.2 Å². The monoisotopic (exact) mass is 152 g/mol. The van der Waals surface area contributed by atoms with Crippen molar-refractivity contribution in [2.24, 2.45) is 0 Å². The van der Waals surface area contributed by atoms with E-state index >= 15 is 0 Å². The van der Waals surface area contributed by atoms with Crippen LogP contribution >= 0.6 is 12.6 Å². The number of H-pyrrole nitrogens is 1. The number of hydrogen-bond acceptors (Lipinski definition) is 4. The van der Waals surface area contributed by atoms with E-state index in [0.717, 1.165) is 10.4 Å². The average Bonchev–Trinajstić information content (AvgIpc) is 2.33. The van der Waals surface area contributed by atoms with E-state index in [4.69, 9.17) is 0 Å². The van der Waals surface area contributed by atoms with Crippen molar-refractivity contribution in [3.8, 4) is 0 Å². The maximum atomic E-state index is 4.09. The lowest BCUT2D eigenvalue weighted by atomic mass is 10.4. The maximum absolute atomic E-state index is 4.09. The van der Waals surface area contributed by atoms with Crippen LogP contribution in [-0.2, 0) is 0 Å². The Morgan fingerprint density at radius 1 is 1.40 bits per heavy atom. The first-order valence-corrected chi connectivity index (χ1v) is 3.16. The second-order valence-electron chi connectivity index (χ2n) is 1.86. The first-order chi connectivity index (χ1) is 4.86. The highest BCUT2D eigenvalue weighted by atomic mass is 32.1. The van der Waals surface area contributed by atoms with Crippen LogP contribution in [-0.4, -0.2) is 20.4 Å². The van der Waals surface area contributed by atoms with Gasteiger partial charge in [0.25, 0.3) is 0 Å². The minimum atomic E-state index is 0.623. The third kappa shape index (κ3) is 0.750. The van der Waals surface area contributed by atoms with Gasteiger partial charge in [0.05, 0.1) is 0 Å². The Labute approximate surface area is 62.1 Å². The summed E-state index contributed by atoms with van der Waals surface area (Å²) in [6.07, 6.45) is 1.63. The van der Waals surface area contributed by atoms with Crippen molar-refractivity contribution in [3.05, 3.63) is 12.3 Å². The molecule has 2 aromatic heterocycles. The molecule has 2 rings (SSSR count). The summed E-state index contributed by atoms with van der Waals surface area (Å²) >= 11 is 4.09. The van der Waals surface area contributed by atoms with Crippen molar-refractivity contribution in [1.82, 2.24) is 20.4 Å². The van der Waals surface area contributed by atoms with Crippen molar-refractivity contribution in [3.63, 3.8) is 0 Å². The third-order valence-electron chi connectivity index (χ3n) is 1.16. The first-order valence-electron chi connectivity index (χ1n) is 2.72. The normalized spacial score (nSPS) is 10.5. The molecular formula is C5H4N4S. The van der Waals surface area contributed by atoms with E-state index in [9.17, 15) is 0 Å². The molecule has 0 aromatic carbocycles. The Morgan fingerprint density at radius 2 is 2.30 bits per heavy atom. The fraction of sp³-hybridized carbons (Fsp3) is 0. The zero-order chi connectivity index (χ0) is 6.97. The molecule has 5 heteroatoms. The summed E-state index contributed by atoms with van der Waals surface area (Å²) in [5.74, 6) is 0. The van der Waals surface area contributed by atoms with Crippen LogP contribution in [0.5, 0.6) is 0 Å². The highest BCUT2D eigenvalue weighted by Crippen LogP contribution is 2.09. The average molecular weight is 152 g/mol. The van der Waals surface area contributed by atoms with Gasteiger partial charge in [-0.3, -0.25) is 0 Å². The van der Waals surface area contributed by atoms with Crippen LogP contribution in [0.25, 0.3) is 11.2 Å². The van der Waals surface area contributed by atoms with E-state index in [0.29, 0.717) is 5.65 Å². The molecule has 50 valence electrons. The van der Waals surface area contributed by atoms with Gasteiger partial charge in [-0.1, -0.05) is 0 Å². The molecule has 2 aromatic rings. The van der Waals surface area contributed by atoms with Crippen molar-refractivity contribution in [2.75, 3.05) is 0 Å². The molecule has 0 saturated heterocycles. The topological polar surface area (TPSA) is 54.5 Å². The van der Waals surface area contributed by atoms with Gasteiger partial charge in [-0.25, -0.2) is 4.98 Å². The molecule has 0 saturated carbocycles. The zero-order valence-electron chi connectivity index (χ0n) is 4.94. The number of fused-ring (bicyclic) bond motifs is 1. The highest BCUT2D eigenvalue weighted by molar-refractivity contribution is 7.80. The summed E-state index contributed by atoms with van der Waals surface area (Å²) in [5.41, 5.74) is 1.37. The fourth-order valence-corrected chi connectivity index (χ4v) is 0.910. The lowest BCUT2D eigenvalue weighted by Gasteiger charge is -1.85. The summed E-state index contributed by atoms with van der Waals surface area (Å²) in [6.45, 7) is 0. The second kappa shape index (κ2) is 1.95. The lowest BCUT2D eigenvalue weighted by molar-refractivity contribution is 0.954. The SMILES string of the molecule is Sc1cnc2n[nH]nc2c1. The standard InChI is InChI=1S/C5H4N4S/c10-3-1-4-5(6-2-3)8-9-7-4/h1-2,10H,(H,6,7,8,9). The van der Waals surface area contributed by atoms with Gasteiger partial charge in [0, 0.05) is 11.1 Å². The molecule has 0 aliphatic carbocycles. The third-order valence-corrected chi connectivity index (χ3v) is 1.40. The van der Waals surface area contributed by atoms with Gasteiger partial charge in [-0.05, 0) is 6.07 Å². The highest BCUT2D eigenvalue weighted by Gasteiger charge is 1.96. The van der Waals surface area contributed by atoms with Crippen LogP contribution in [0.4, 0.5) is 0 Å².